The zero-order chi connectivity index (χ0) is 31.3. The first kappa shape index (κ1) is 29.7. The first-order valence-electron chi connectivity index (χ1n) is 14.7. The number of rotatable bonds is 3. The Bertz CT molecular complexity index is 1690. The number of carbonyl (C=O) groups excluding carboxylic acids is 3. The third-order valence-electron chi connectivity index (χ3n) is 7.95. The van der Waals surface area contributed by atoms with Gasteiger partial charge in [-0.15, -0.1) is 0 Å². The second-order valence-electron chi connectivity index (χ2n) is 10.9. The number of hydrogen-bond donors (Lipinski definition) is 2. The number of nitrogens with zero attached hydrogens (tertiary/aromatic N) is 1. The summed E-state index contributed by atoms with van der Waals surface area (Å²) >= 11 is 0. The van der Waals surface area contributed by atoms with Crippen molar-refractivity contribution in [3.8, 4) is 28.4 Å². The molecule has 7 rings (SSSR count). The summed E-state index contributed by atoms with van der Waals surface area (Å²) in [5.41, 5.74) is 3.41. The Kier molecular flexibility index (Phi) is 8.63. The molecule has 9 nitrogen and oxygen atoms in total. The molecule has 230 valence electrons. The number of amides is 3. The van der Waals surface area contributed by atoms with E-state index in [0.717, 1.165) is 16.7 Å². The van der Waals surface area contributed by atoms with Crippen LogP contribution in [0.2, 0.25) is 0 Å². The van der Waals surface area contributed by atoms with Gasteiger partial charge in [0.25, 0.3) is 17.7 Å². The Labute approximate surface area is 259 Å². The topological polar surface area (TPSA) is 106 Å². The molecule has 4 aromatic carbocycles. The van der Waals surface area contributed by atoms with E-state index >= 15 is 0 Å². The van der Waals surface area contributed by atoms with E-state index in [2.05, 4.69) is 10.6 Å². The maximum atomic E-state index is 13.6. The van der Waals surface area contributed by atoms with Gasteiger partial charge in [0.15, 0.2) is 18.1 Å². The number of hydrogen-bond acceptors (Lipinski definition) is 6. The molecule has 3 heterocycles. The normalized spacial score (nSPS) is 18.4. The van der Waals surface area contributed by atoms with Gasteiger partial charge in [-0.1, -0.05) is 36.4 Å². The third kappa shape index (κ3) is 6.90. The number of methoxy groups -OCH3 is 1. The van der Waals surface area contributed by atoms with Crippen LogP contribution < -0.4 is 24.8 Å². The molecule has 10 heteroatoms. The monoisotopic (exact) mass is 609 g/mol. The summed E-state index contributed by atoms with van der Waals surface area (Å²) in [6, 6.07) is 25.0. The van der Waals surface area contributed by atoms with Crippen LogP contribution in [0, 0.1) is 5.82 Å². The van der Waals surface area contributed by atoms with Crippen LogP contribution in [-0.2, 0) is 11.3 Å². The van der Waals surface area contributed by atoms with Crippen LogP contribution in [0.15, 0.2) is 91.0 Å². The van der Waals surface area contributed by atoms with Crippen LogP contribution in [0.4, 0.5) is 4.39 Å². The minimum Gasteiger partial charge on any atom is -0.493 e. The maximum absolute atomic E-state index is 13.6. The minimum atomic E-state index is -0.529. The molecule has 1 fully saturated rings. The van der Waals surface area contributed by atoms with E-state index in [-0.39, 0.29) is 42.4 Å². The molecule has 4 aromatic rings. The minimum absolute atomic E-state index is 0.168. The van der Waals surface area contributed by atoms with Crippen molar-refractivity contribution in [2.24, 2.45) is 0 Å². The van der Waals surface area contributed by atoms with Gasteiger partial charge in [-0.05, 0) is 71.3 Å². The van der Waals surface area contributed by atoms with Crippen molar-refractivity contribution >= 4 is 17.7 Å². The Morgan fingerprint density at radius 2 is 1.60 bits per heavy atom. The average molecular weight is 610 g/mol. The first-order chi connectivity index (χ1) is 21.9. The van der Waals surface area contributed by atoms with Gasteiger partial charge < -0.3 is 29.7 Å². The molecule has 45 heavy (non-hydrogen) atoms. The average Bonchev–Trinajstić information content (AvgIpc) is 3.07. The van der Waals surface area contributed by atoms with E-state index in [4.69, 9.17) is 14.2 Å². The Morgan fingerprint density at radius 1 is 0.911 bits per heavy atom. The van der Waals surface area contributed by atoms with E-state index in [0.29, 0.717) is 42.1 Å². The second kappa shape index (κ2) is 13.1. The van der Waals surface area contributed by atoms with Crippen molar-refractivity contribution in [3.05, 3.63) is 114 Å². The highest BCUT2D eigenvalue weighted by Gasteiger charge is 2.35. The van der Waals surface area contributed by atoms with Crippen LogP contribution in [0.3, 0.4) is 0 Å². The van der Waals surface area contributed by atoms with Gasteiger partial charge in [0.05, 0.1) is 13.2 Å². The van der Waals surface area contributed by atoms with Gasteiger partial charge in [0.1, 0.15) is 17.7 Å². The Morgan fingerprint density at radius 3 is 2.31 bits per heavy atom. The van der Waals surface area contributed by atoms with Crippen LogP contribution in [0.1, 0.15) is 32.7 Å². The van der Waals surface area contributed by atoms with Crippen molar-refractivity contribution in [1.82, 2.24) is 15.5 Å². The molecule has 0 aromatic heterocycles. The van der Waals surface area contributed by atoms with Crippen molar-refractivity contribution < 1.29 is 33.0 Å². The molecule has 0 unspecified atom stereocenters. The van der Waals surface area contributed by atoms with Gasteiger partial charge in [0.2, 0.25) is 0 Å². The predicted octanol–water partition coefficient (Wildman–Crippen LogP) is 4.60. The quantitative estimate of drug-likeness (QED) is 0.352. The highest BCUT2D eigenvalue weighted by molar-refractivity contribution is 5.96. The molecule has 0 saturated carbocycles. The highest BCUT2D eigenvalue weighted by Crippen LogP contribution is 2.29. The Balaban J connectivity index is 1.25. The summed E-state index contributed by atoms with van der Waals surface area (Å²) < 4.78 is 30.8. The van der Waals surface area contributed by atoms with E-state index in [1.54, 1.807) is 41.3 Å². The fourth-order valence-electron chi connectivity index (χ4n) is 5.46. The van der Waals surface area contributed by atoms with Crippen molar-refractivity contribution in [2.75, 3.05) is 26.8 Å². The summed E-state index contributed by atoms with van der Waals surface area (Å²) in [6.45, 7) is 0.716. The van der Waals surface area contributed by atoms with Crippen molar-refractivity contribution in [3.63, 3.8) is 0 Å². The number of piperidine rings is 1. The molecule has 2 N–H and O–H groups in total. The lowest BCUT2D eigenvalue weighted by molar-refractivity contribution is -0.123. The Hall–Kier alpha value is -5.38. The SMILES string of the molecule is COc1ccc2cc1OCC(=O)NCc1ccc(cc1)O[C@@H]1CCN(C(=O)c3ccc(-c4ccc(F)cc4)cc3)C[C@@H]1NC2=O. The number of benzene rings is 4. The van der Waals surface area contributed by atoms with E-state index < -0.39 is 12.1 Å². The molecule has 4 bridgehead atoms. The van der Waals surface area contributed by atoms with E-state index in [9.17, 15) is 18.8 Å². The molecule has 1 saturated heterocycles. The third-order valence-corrected chi connectivity index (χ3v) is 7.95. The number of likely N-dealkylation sites (tertiary alicyclic amines) is 1. The molecule has 0 spiro atoms. The van der Waals surface area contributed by atoms with Crippen LogP contribution in [0.25, 0.3) is 11.1 Å². The largest absolute Gasteiger partial charge is 0.493 e. The molecule has 3 aliphatic rings. The van der Waals surface area contributed by atoms with Gasteiger partial charge in [-0.2, -0.15) is 0 Å². The summed E-state index contributed by atoms with van der Waals surface area (Å²) in [7, 11) is 1.48. The van der Waals surface area contributed by atoms with Gasteiger partial charge >= 0.3 is 0 Å². The zero-order valence-electron chi connectivity index (χ0n) is 24.6. The highest BCUT2D eigenvalue weighted by atomic mass is 19.1. The summed E-state index contributed by atoms with van der Waals surface area (Å²) in [4.78, 5) is 41.3. The number of carbonyl (C=O) groups is 3. The van der Waals surface area contributed by atoms with Gasteiger partial charge in [-0.3, -0.25) is 14.4 Å². The van der Waals surface area contributed by atoms with Crippen molar-refractivity contribution in [1.29, 1.82) is 0 Å². The lowest BCUT2D eigenvalue weighted by Gasteiger charge is -2.39. The smallest absolute Gasteiger partial charge is 0.258 e. The van der Waals surface area contributed by atoms with Crippen LogP contribution >= 0.6 is 0 Å². The maximum Gasteiger partial charge on any atom is 0.258 e. The fourth-order valence-corrected chi connectivity index (χ4v) is 5.46. The van der Waals surface area contributed by atoms with Gasteiger partial charge in [-0.25, -0.2) is 4.39 Å². The molecule has 0 aliphatic carbocycles. The molecule has 0 radical (unpaired) electrons. The molecular formula is C35H32FN3O6. The lowest BCUT2D eigenvalue weighted by atomic mass is 9.99. The molecule has 3 aliphatic heterocycles. The number of ether oxygens (including phenoxy) is 3. The number of halogens is 1. The number of nitrogens with one attached hydrogen (secondary N) is 2. The molecular weight excluding hydrogens is 577 g/mol. The van der Waals surface area contributed by atoms with Gasteiger partial charge in [0, 0.05) is 37.2 Å². The first-order valence-corrected chi connectivity index (χ1v) is 14.7. The standard InChI is InChI=1S/C35H32FN3O6/c1-43-31-15-10-26-18-32(31)44-21-33(40)37-19-22-2-13-28(14-3-22)45-30-16-17-39(20-29(30)38-34(26)41)35(42)25-6-4-23(5-7-25)24-8-11-27(36)12-9-24/h2-15,18,29-30H,16-17,19-21H2,1H3,(H,37,40)(H,38,41)/t29-,30+/m0/s1. The summed E-state index contributed by atoms with van der Waals surface area (Å²) in [6.07, 6.45) is 0.0770. The predicted molar refractivity (Wildman–Crippen MR) is 165 cm³/mol. The van der Waals surface area contributed by atoms with Crippen molar-refractivity contribution in [2.45, 2.75) is 25.1 Å². The lowest BCUT2D eigenvalue weighted by Crippen LogP contribution is -2.58. The zero-order valence-corrected chi connectivity index (χ0v) is 24.6. The second-order valence-corrected chi connectivity index (χ2v) is 10.9. The summed E-state index contributed by atoms with van der Waals surface area (Å²) in [5.74, 6) is 0.0686. The molecule has 3 amide bonds. The van der Waals surface area contributed by atoms with E-state index in [1.165, 1.54) is 25.3 Å². The van der Waals surface area contributed by atoms with E-state index in [1.807, 2.05) is 36.4 Å². The van der Waals surface area contributed by atoms with Crippen LogP contribution in [-0.4, -0.2) is 61.6 Å². The molecule has 2 atom stereocenters. The van der Waals surface area contributed by atoms with Crippen LogP contribution in [0.5, 0.6) is 17.2 Å². The fraction of sp³-hybridized carbons (Fsp3) is 0.229. The summed E-state index contributed by atoms with van der Waals surface area (Å²) in [5, 5.41) is 5.89. The number of fused-ring (bicyclic) bond motifs is 7.